The zero-order valence-electron chi connectivity index (χ0n) is 14.9. The first kappa shape index (κ1) is 22.3. The van der Waals surface area contributed by atoms with E-state index in [2.05, 4.69) is 10.6 Å². The highest BCUT2D eigenvalue weighted by Crippen LogP contribution is 2.18. The Morgan fingerprint density at radius 2 is 1.85 bits per heavy atom. The highest BCUT2D eigenvalue weighted by atomic mass is 16.4. The summed E-state index contributed by atoms with van der Waals surface area (Å²) < 4.78 is 0. The first-order valence-corrected chi connectivity index (χ1v) is 8.37. The molecule has 0 bridgehead atoms. The van der Waals surface area contributed by atoms with Crippen LogP contribution in [0.5, 0.6) is 0 Å². The van der Waals surface area contributed by atoms with Gasteiger partial charge in [0.25, 0.3) is 0 Å². The van der Waals surface area contributed by atoms with Crippen molar-refractivity contribution in [2.45, 2.75) is 50.4 Å². The molecule has 0 spiro atoms. The Labute approximate surface area is 155 Å². The fourth-order valence-corrected chi connectivity index (χ4v) is 2.70. The molecule has 1 heterocycles. The van der Waals surface area contributed by atoms with Gasteiger partial charge in [-0.3, -0.25) is 19.2 Å². The summed E-state index contributed by atoms with van der Waals surface area (Å²) in [5.41, 5.74) is 10.5. The molecular weight excluding hydrogens is 362 g/mol. The normalized spacial score (nSPS) is 19.7. The number of amides is 4. The number of aliphatic carboxylic acids is 1. The van der Waals surface area contributed by atoms with E-state index in [0.29, 0.717) is 12.8 Å². The standard InChI is InChI=1S/C15H25N5O7/c1-7(18-12(23)8(16)5-11(17)22)14(25)20-4-2-3-10(20)13(24)19-9(6-21)15(26)27/h7-10,21H,2-6,16H2,1H3,(H2,17,22)(H,18,23)(H,19,24)(H,26,27). The predicted octanol–water partition coefficient (Wildman–Crippen LogP) is -3.75. The predicted molar refractivity (Wildman–Crippen MR) is 90.8 cm³/mol. The number of hydrogen-bond donors (Lipinski definition) is 6. The molecule has 1 aliphatic heterocycles. The number of nitrogens with zero attached hydrogens (tertiary/aromatic N) is 1. The average Bonchev–Trinajstić information content (AvgIpc) is 3.07. The van der Waals surface area contributed by atoms with Crippen LogP contribution in [0.2, 0.25) is 0 Å². The fourth-order valence-electron chi connectivity index (χ4n) is 2.70. The second-order valence-electron chi connectivity index (χ2n) is 6.28. The maximum atomic E-state index is 12.6. The molecule has 1 aliphatic rings. The van der Waals surface area contributed by atoms with Crippen LogP contribution in [-0.2, 0) is 24.0 Å². The van der Waals surface area contributed by atoms with Crippen molar-refractivity contribution in [3.05, 3.63) is 0 Å². The van der Waals surface area contributed by atoms with Crippen LogP contribution in [0, 0.1) is 0 Å². The zero-order chi connectivity index (χ0) is 20.7. The molecule has 152 valence electrons. The Kier molecular flexibility index (Phi) is 8.12. The molecule has 1 saturated heterocycles. The Balaban J connectivity index is 2.71. The van der Waals surface area contributed by atoms with Crippen molar-refractivity contribution < 1.29 is 34.2 Å². The summed E-state index contributed by atoms with van der Waals surface area (Å²) in [6.45, 7) is 0.867. The van der Waals surface area contributed by atoms with Gasteiger partial charge in [-0.25, -0.2) is 4.79 Å². The molecule has 0 aromatic carbocycles. The number of likely N-dealkylation sites (tertiary alicyclic amines) is 1. The largest absolute Gasteiger partial charge is 0.480 e. The van der Waals surface area contributed by atoms with Gasteiger partial charge in [0.15, 0.2) is 0 Å². The van der Waals surface area contributed by atoms with Crippen molar-refractivity contribution in [3.8, 4) is 0 Å². The van der Waals surface area contributed by atoms with Gasteiger partial charge >= 0.3 is 5.97 Å². The lowest BCUT2D eigenvalue weighted by molar-refractivity contribution is -0.145. The number of aliphatic hydroxyl groups excluding tert-OH is 1. The second-order valence-corrected chi connectivity index (χ2v) is 6.28. The van der Waals surface area contributed by atoms with Gasteiger partial charge in [0.05, 0.1) is 19.1 Å². The van der Waals surface area contributed by atoms with Crippen molar-refractivity contribution in [2.24, 2.45) is 11.5 Å². The van der Waals surface area contributed by atoms with Gasteiger partial charge in [0.2, 0.25) is 23.6 Å². The molecule has 4 atom stereocenters. The minimum absolute atomic E-state index is 0.251. The number of hydrogen-bond acceptors (Lipinski definition) is 7. The smallest absolute Gasteiger partial charge is 0.328 e. The number of nitrogens with two attached hydrogens (primary N) is 2. The van der Waals surface area contributed by atoms with Crippen LogP contribution >= 0.6 is 0 Å². The van der Waals surface area contributed by atoms with Gasteiger partial charge in [-0.05, 0) is 19.8 Å². The SMILES string of the molecule is CC(NC(=O)C(N)CC(N)=O)C(=O)N1CCCC1C(=O)NC(CO)C(=O)O. The van der Waals surface area contributed by atoms with Crippen molar-refractivity contribution in [2.75, 3.05) is 13.2 Å². The maximum absolute atomic E-state index is 12.6. The number of primary amides is 1. The molecule has 0 aromatic heterocycles. The van der Waals surface area contributed by atoms with E-state index in [1.165, 1.54) is 11.8 Å². The van der Waals surface area contributed by atoms with Crippen LogP contribution in [0.4, 0.5) is 0 Å². The van der Waals surface area contributed by atoms with Crippen molar-refractivity contribution >= 4 is 29.6 Å². The zero-order valence-corrected chi connectivity index (χ0v) is 14.9. The number of aliphatic hydroxyl groups is 1. The highest BCUT2D eigenvalue weighted by Gasteiger charge is 2.37. The second kappa shape index (κ2) is 9.83. The summed E-state index contributed by atoms with van der Waals surface area (Å²) in [7, 11) is 0. The first-order valence-electron chi connectivity index (χ1n) is 8.37. The third-order valence-electron chi connectivity index (χ3n) is 4.12. The van der Waals surface area contributed by atoms with Crippen LogP contribution in [0.25, 0.3) is 0 Å². The third kappa shape index (κ3) is 6.18. The summed E-state index contributed by atoms with van der Waals surface area (Å²) in [5.74, 6) is -4.15. The lowest BCUT2D eigenvalue weighted by Crippen LogP contribution is -2.56. The Morgan fingerprint density at radius 3 is 2.37 bits per heavy atom. The summed E-state index contributed by atoms with van der Waals surface area (Å²) in [6, 6.07) is -4.60. The monoisotopic (exact) mass is 387 g/mol. The van der Waals surface area contributed by atoms with E-state index in [0.717, 1.165) is 0 Å². The molecule has 0 radical (unpaired) electrons. The molecule has 4 amide bonds. The number of carboxylic acids is 1. The van der Waals surface area contributed by atoms with Crippen LogP contribution in [0.15, 0.2) is 0 Å². The van der Waals surface area contributed by atoms with E-state index in [9.17, 15) is 24.0 Å². The van der Waals surface area contributed by atoms with E-state index < -0.39 is 60.4 Å². The Bertz CT molecular complexity index is 611. The van der Waals surface area contributed by atoms with E-state index in [1.807, 2.05) is 0 Å². The van der Waals surface area contributed by atoms with Crippen molar-refractivity contribution in [3.63, 3.8) is 0 Å². The molecular formula is C15H25N5O7. The van der Waals surface area contributed by atoms with Gasteiger partial charge in [0.1, 0.15) is 18.1 Å². The molecule has 1 rings (SSSR count). The van der Waals surface area contributed by atoms with Crippen LogP contribution in [0.1, 0.15) is 26.2 Å². The average molecular weight is 387 g/mol. The van der Waals surface area contributed by atoms with E-state index in [4.69, 9.17) is 21.7 Å². The number of carboxylic acid groups (broad SMARTS) is 1. The number of carbonyl (C=O) groups is 5. The molecule has 0 aromatic rings. The Morgan fingerprint density at radius 1 is 1.22 bits per heavy atom. The number of nitrogens with one attached hydrogen (secondary N) is 2. The van der Waals surface area contributed by atoms with Gasteiger partial charge in [0, 0.05) is 6.54 Å². The van der Waals surface area contributed by atoms with Gasteiger partial charge < -0.3 is 37.2 Å². The van der Waals surface area contributed by atoms with Gasteiger partial charge in [-0.15, -0.1) is 0 Å². The van der Waals surface area contributed by atoms with Crippen molar-refractivity contribution in [1.29, 1.82) is 0 Å². The molecule has 1 fully saturated rings. The fraction of sp³-hybridized carbons (Fsp3) is 0.667. The quantitative estimate of drug-likeness (QED) is 0.231. The minimum Gasteiger partial charge on any atom is -0.480 e. The molecule has 27 heavy (non-hydrogen) atoms. The van der Waals surface area contributed by atoms with Crippen LogP contribution < -0.4 is 22.1 Å². The highest BCUT2D eigenvalue weighted by molar-refractivity contribution is 5.95. The molecule has 12 heteroatoms. The van der Waals surface area contributed by atoms with Crippen LogP contribution in [0.3, 0.4) is 0 Å². The van der Waals surface area contributed by atoms with E-state index >= 15 is 0 Å². The number of rotatable bonds is 9. The van der Waals surface area contributed by atoms with E-state index in [1.54, 1.807) is 0 Å². The first-order chi connectivity index (χ1) is 12.6. The molecule has 8 N–H and O–H groups in total. The van der Waals surface area contributed by atoms with E-state index in [-0.39, 0.29) is 13.0 Å². The summed E-state index contributed by atoms with van der Waals surface area (Å²) in [6.07, 6.45) is 0.457. The van der Waals surface area contributed by atoms with Gasteiger partial charge in [-0.2, -0.15) is 0 Å². The summed E-state index contributed by atoms with van der Waals surface area (Å²) in [4.78, 5) is 59.7. The van der Waals surface area contributed by atoms with Crippen LogP contribution in [-0.4, -0.2) is 82.0 Å². The Hall–Kier alpha value is -2.73. The lowest BCUT2D eigenvalue weighted by atomic mass is 10.1. The minimum atomic E-state index is -1.47. The topological polar surface area (TPSA) is 205 Å². The summed E-state index contributed by atoms with van der Waals surface area (Å²) in [5, 5.41) is 22.4. The molecule has 4 unspecified atom stereocenters. The maximum Gasteiger partial charge on any atom is 0.328 e. The molecule has 12 nitrogen and oxygen atoms in total. The number of carbonyl (C=O) groups excluding carboxylic acids is 4. The van der Waals surface area contributed by atoms with Gasteiger partial charge in [-0.1, -0.05) is 0 Å². The third-order valence-corrected chi connectivity index (χ3v) is 4.12. The molecule has 0 saturated carbocycles. The van der Waals surface area contributed by atoms with Crippen molar-refractivity contribution in [1.82, 2.24) is 15.5 Å². The summed E-state index contributed by atoms with van der Waals surface area (Å²) >= 11 is 0. The molecule has 0 aliphatic carbocycles. The lowest BCUT2D eigenvalue weighted by Gasteiger charge is -2.28.